The van der Waals surface area contributed by atoms with Crippen LogP contribution in [0.15, 0.2) is 11.1 Å². The third-order valence-corrected chi connectivity index (χ3v) is 1.72. The zero-order valence-corrected chi connectivity index (χ0v) is 6.02. The minimum Gasteiger partial charge on any atom is -0.344 e. The van der Waals surface area contributed by atoms with Crippen LogP contribution in [-0.2, 0) is 0 Å². The van der Waals surface area contributed by atoms with Gasteiger partial charge in [0.1, 0.15) is 5.49 Å². The molecule has 1 N–H and O–H groups in total. The first-order valence-electron chi connectivity index (χ1n) is 3.56. The van der Waals surface area contributed by atoms with Gasteiger partial charge >= 0.3 is 0 Å². The summed E-state index contributed by atoms with van der Waals surface area (Å²) in [6.07, 6.45) is 3.32. The smallest absolute Gasteiger partial charge is 0.132 e. The molecule has 0 saturated heterocycles. The van der Waals surface area contributed by atoms with Crippen LogP contribution in [0.1, 0.15) is 12.1 Å². The Hall–Kier alpha value is -1.05. The molecule has 2 rings (SSSR count). The van der Waals surface area contributed by atoms with Crippen LogP contribution in [0.4, 0.5) is 0 Å². The van der Waals surface area contributed by atoms with Gasteiger partial charge in [-0.1, -0.05) is 6.08 Å². The van der Waals surface area contributed by atoms with Crippen molar-refractivity contribution < 1.29 is 0 Å². The van der Waals surface area contributed by atoms with E-state index >= 15 is 0 Å². The van der Waals surface area contributed by atoms with Crippen LogP contribution in [0.5, 0.6) is 0 Å². The summed E-state index contributed by atoms with van der Waals surface area (Å²) in [5.74, 6) is 0. The van der Waals surface area contributed by atoms with Crippen LogP contribution >= 0.6 is 0 Å². The van der Waals surface area contributed by atoms with E-state index in [1.807, 2.05) is 0 Å². The number of fused-ring (bicyclic) bond motifs is 1. The maximum Gasteiger partial charge on any atom is 0.132 e. The first kappa shape index (κ1) is 5.71. The Balaban J connectivity index is 2.83. The van der Waals surface area contributed by atoms with E-state index in [1.54, 1.807) is 0 Å². The van der Waals surface area contributed by atoms with Crippen molar-refractivity contribution in [2.24, 2.45) is 4.99 Å². The molecule has 1 aliphatic heterocycles. The van der Waals surface area contributed by atoms with Gasteiger partial charge in [0.2, 0.25) is 0 Å². The quantitative estimate of drug-likeness (QED) is 0.522. The molecule has 0 bridgehead atoms. The Morgan fingerprint density at radius 3 is 3.30 bits per heavy atom. The van der Waals surface area contributed by atoms with E-state index in [0.717, 1.165) is 18.5 Å². The molecule has 1 aromatic heterocycles. The molecule has 0 amide bonds. The fourth-order valence-corrected chi connectivity index (χ4v) is 1.28. The van der Waals surface area contributed by atoms with Crippen LogP contribution in [0.25, 0.3) is 6.08 Å². The molecule has 2 heterocycles. The molecule has 0 fully saturated rings. The average molecular weight is 134 g/mol. The van der Waals surface area contributed by atoms with E-state index in [9.17, 15) is 0 Å². The van der Waals surface area contributed by atoms with E-state index in [4.69, 9.17) is 0 Å². The van der Waals surface area contributed by atoms with Gasteiger partial charge in [0.05, 0.1) is 0 Å². The van der Waals surface area contributed by atoms with E-state index in [2.05, 4.69) is 29.0 Å². The Morgan fingerprint density at radius 2 is 2.50 bits per heavy atom. The molecule has 0 aliphatic carbocycles. The van der Waals surface area contributed by atoms with E-state index in [-0.39, 0.29) is 0 Å². The molecule has 1 aliphatic rings. The van der Waals surface area contributed by atoms with E-state index in [0.29, 0.717) is 0 Å². The highest BCUT2D eigenvalue weighted by Crippen LogP contribution is 1.87. The first-order valence-corrected chi connectivity index (χ1v) is 3.56. The van der Waals surface area contributed by atoms with Crippen LogP contribution < -0.4 is 10.7 Å². The largest absolute Gasteiger partial charge is 0.344 e. The minimum absolute atomic E-state index is 0.937. The normalized spacial score (nSPS) is 15.3. The Bertz CT molecular complexity index is 312. The van der Waals surface area contributed by atoms with Crippen molar-refractivity contribution >= 4 is 6.08 Å². The summed E-state index contributed by atoms with van der Waals surface area (Å²) in [5.41, 5.74) is 2.26. The summed E-state index contributed by atoms with van der Waals surface area (Å²) in [4.78, 5) is 7.53. The number of nitrogens with one attached hydrogen (secondary N) is 1. The van der Waals surface area contributed by atoms with Gasteiger partial charge in [-0.25, -0.2) is 0 Å². The molecule has 0 unspecified atom stereocenters. The minimum atomic E-state index is 0.937. The zero-order chi connectivity index (χ0) is 6.97. The predicted octanol–water partition coefficient (Wildman–Crippen LogP) is 0.127. The van der Waals surface area contributed by atoms with Gasteiger partial charge in [0.25, 0.3) is 0 Å². The van der Waals surface area contributed by atoms with Crippen LogP contribution in [0.2, 0.25) is 0 Å². The summed E-state index contributed by atoms with van der Waals surface area (Å²) >= 11 is 0. The number of nitrogens with zero attached hydrogens (tertiary/aromatic N) is 1. The molecular formula is C8H10N2. The van der Waals surface area contributed by atoms with Crippen LogP contribution in [-0.4, -0.2) is 11.5 Å². The fourth-order valence-electron chi connectivity index (χ4n) is 1.28. The maximum absolute atomic E-state index is 4.33. The molecule has 10 heavy (non-hydrogen) atoms. The lowest BCUT2D eigenvalue weighted by atomic mass is 10.3. The van der Waals surface area contributed by atoms with Gasteiger partial charge < -0.3 is 4.98 Å². The highest BCUT2D eigenvalue weighted by molar-refractivity contribution is 5.25. The van der Waals surface area contributed by atoms with Gasteiger partial charge in [-0.2, -0.15) is 0 Å². The second kappa shape index (κ2) is 1.97. The number of aromatic nitrogens is 1. The summed E-state index contributed by atoms with van der Waals surface area (Å²) < 4.78 is 0. The van der Waals surface area contributed by atoms with Crippen molar-refractivity contribution in [3.63, 3.8) is 0 Å². The van der Waals surface area contributed by atoms with Gasteiger partial charge in [-0.05, 0) is 19.4 Å². The van der Waals surface area contributed by atoms with Gasteiger partial charge in [-0.15, -0.1) is 0 Å². The fraction of sp³-hybridized carbons (Fsp3) is 0.375. The SMILES string of the molecule is Cc1cc2c([nH]1)=NCCC=2. The molecule has 0 radical (unpaired) electrons. The summed E-state index contributed by atoms with van der Waals surface area (Å²) in [5, 5.41) is 1.27. The number of rotatable bonds is 0. The van der Waals surface area contributed by atoms with Crippen molar-refractivity contribution in [1.29, 1.82) is 0 Å². The number of hydrogen-bond acceptors (Lipinski definition) is 1. The van der Waals surface area contributed by atoms with E-state index < -0.39 is 0 Å². The molecule has 0 spiro atoms. The molecule has 0 atom stereocenters. The molecule has 52 valence electrons. The number of hydrogen-bond donors (Lipinski definition) is 1. The molecular weight excluding hydrogens is 124 g/mol. The van der Waals surface area contributed by atoms with Crippen molar-refractivity contribution in [2.75, 3.05) is 6.54 Å². The monoisotopic (exact) mass is 134 g/mol. The lowest BCUT2D eigenvalue weighted by Gasteiger charge is -1.91. The highest BCUT2D eigenvalue weighted by Gasteiger charge is 1.95. The third-order valence-electron chi connectivity index (χ3n) is 1.72. The van der Waals surface area contributed by atoms with Crippen molar-refractivity contribution in [1.82, 2.24) is 4.98 Å². The lowest BCUT2D eigenvalue weighted by Crippen LogP contribution is -2.25. The summed E-state index contributed by atoms with van der Waals surface area (Å²) in [7, 11) is 0. The second-order valence-corrected chi connectivity index (χ2v) is 2.63. The van der Waals surface area contributed by atoms with Gasteiger partial charge in [-0.3, -0.25) is 4.99 Å². The summed E-state index contributed by atoms with van der Waals surface area (Å²) in [6.45, 7) is 2.99. The summed E-state index contributed by atoms with van der Waals surface area (Å²) in [6, 6.07) is 2.14. The standard InChI is InChI=1S/C8H10N2/c1-6-5-7-3-2-4-9-8(7)10-6/h3,5H,2,4H2,1H3,(H,9,10). The molecule has 1 aromatic rings. The van der Waals surface area contributed by atoms with E-state index in [1.165, 1.54) is 10.9 Å². The Kier molecular flexibility index (Phi) is 1.13. The Labute approximate surface area is 59.3 Å². The lowest BCUT2D eigenvalue weighted by molar-refractivity contribution is 0.932. The second-order valence-electron chi connectivity index (χ2n) is 2.63. The molecule has 0 aromatic carbocycles. The van der Waals surface area contributed by atoms with Gasteiger partial charge in [0, 0.05) is 17.5 Å². The van der Waals surface area contributed by atoms with Crippen LogP contribution in [0, 0.1) is 6.92 Å². The van der Waals surface area contributed by atoms with Crippen molar-refractivity contribution in [2.45, 2.75) is 13.3 Å². The van der Waals surface area contributed by atoms with Crippen molar-refractivity contribution in [3.8, 4) is 0 Å². The molecule has 2 nitrogen and oxygen atoms in total. The average Bonchev–Trinajstić information content (AvgIpc) is 2.27. The number of H-pyrrole nitrogens is 1. The topological polar surface area (TPSA) is 28.1 Å². The van der Waals surface area contributed by atoms with Crippen molar-refractivity contribution in [3.05, 3.63) is 22.5 Å². The predicted molar refractivity (Wildman–Crippen MR) is 40.3 cm³/mol. The maximum atomic E-state index is 4.33. The van der Waals surface area contributed by atoms with Crippen LogP contribution in [0.3, 0.4) is 0 Å². The molecule has 0 saturated carbocycles. The highest BCUT2D eigenvalue weighted by atomic mass is 14.8. The number of aromatic amines is 1. The van der Waals surface area contributed by atoms with Gasteiger partial charge in [0.15, 0.2) is 0 Å². The molecule has 2 heteroatoms. The third kappa shape index (κ3) is 0.764. The first-order chi connectivity index (χ1) is 4.86. The number of aryl methyl sites for hydroxylation is 1. The zero-order valence-electron chi connectivity index (χ0n) is 6.02. The Morgan fingerprint density at radius 1 is 1.60 bits per heavy atom.